The Labute approximate surface area is 104 Å². The minimum atomic E-state index is -1.62. The van der Waals surface area contributed by atoms with Gasteiger partial charge >= 0.3 is 5.97 Å². The molecule has 1 aromatic carbocycles. The molecule has 0 radical (unpaired) electrons. The Morgan fingerprint density at radius 2 is 2.06 bits per heavy atom. The lowest BCUT2D eigenvalue weighted by atomic mass is 9.96. The van der Waals surface area contributed by atoms with E-state index in [1.54, 1.807) is 25.1 Å². The van der Waals surface area contributed by atoms with Crippen LogP contribution < -0.4 is 0 Å². The molecule has 2 N–H and O–H groups in total. The van der Waals surface area contributed by atoms with E-state index in [0.717, 1.165) is 5.56 Å². The first kappa shape index (κ1) is 13.7. The molecule has 0 amide bonds. The summed E-state index contributed by atoms with van der Waals surface area (Å²) in [6.07, 6.45) is -1.59. The highest BCUT2D eigenvalue weighted by molar-refractivity contribution is 6.27. The summed E-state index contributed by atoms with van der Waals surface area (Å²) in [7, 11) is 0. The molecule has 1 aromatic rings. The van der Waals surface area contributed by atoms with Crippen molar-refractivity contribution >= 4 is 23.4 Å². The average Bonchev–Trinajstić information content (AvgIpc) is 2.30. The van der Waals surface area contributed by atoms with E-state index < -0.39 is 12.1 Å². The number of aliphatic carboxylic acids is 1. The number of Topliss-reactive ketones (excluding diaryl/α,β-unsaturated/α-hetero) is 1. The van der Waals surface area contributed by atoms with E-state index in [0.29, 0.717) is 5.56 Å². The standard InChI is InChI=1S/C12H13ClO4/c1-7-2-3-8(5-9(14)6-13)10(4-7)11(15)12(16)17/h2-4,11,15H,5-6H2,1H3,(H,16,17). The quantitative estimate of drug-likeness (QED) is 0.783. The van der Waals surface area contributed by atoms with Crippen molar-refractivity contribution in [2.75, 3.05) is 5.88 Å². The van der Waals surface area contributed by atoms with Crippen LogP contribution in [0.25, 0.3) is 0 Å². The van der Waals surface area contributed by atoms with Crippen LogP contribution in [0.4, 0.5) is 0 Å². The number of hydrogen-bond acceptors (Lipinski definition) is 3. The molecule has 0 aliphatic carbocycles. The van der Waals surface area contributed by atoms with E-state index in [1.807, 2.05) is 0 Å². The second-order valence-corrected chi connectivity index (χ2v) is 4.06. The first-order valence-corrected chi connectivity index (χ1v) is 5.57. The van der Waals surface area contributed by atoms with Gasteiger partial charge in [-0.3, -0.25) is 4.79 Å². The van der Waals surface area contributed by atoms with Gasteiger partial charge in [-0.05, 0) is 18.1 Å². The molecule has 0 aliphatic heterocycles. The highest BCUT2D eigenvalue weighted by Crippen LogP contribution is 2.21. The third-order valence-corrected chi connectivity index (χ3v) is 2.66. The predicted molar refractivity (Wildman–Crippen MR) is 63.2 cm³/mol. The third kappa shape index (κ3) is 3.54. The van der Waals surface area contributed by atoms with E-state index in [4.69, 9.17) is 16.7 Å². The molecule has 5 heteroatoms. The van der Waals surface area contributed by atoms with Crippen LogP contribution in [0.2, 0.25) is 0 Å². The Hall–Kier alpha value is -1.39. The maximum absolute atomic E-state index is 11.2. The van der Waals surface area contributed by atoms with E-state index in [9.17, 15) is 14.7 Å². The van der Waals surface area contributed by atoms with Gasteiger partial charge in [-0.1, -0.05) is 23.8 Å². The summed E-state index contributed by atoms with van der Waals surface area (Å²) in [4.78, 5) is 22.0. The molecule has 92 valence electrons. The Bertz CT molecular complexity index is 442. The summed E-state index contributed by atoms with van der Waals surface area (Å²) < 4.78 is 0. The average molecular weight is 257 g/mol. The number of carboxylic acid groups (broad SMARTS) is 1. The smallest absolute Gasteiger partial charge is 0.337 e. The Balaban J connectivity index is 3.12. The van der Waals surface area contributed by atoms with Crippen molar-refractivity contribution in [1.82, 2.24) is 0 Å². The lowest BCUT2D eigenvalue weighted by molar-refractivity contribution is -0.147. The van der Waals surface area contributed by atoms with Crippen LogP contribution in [0.5, 0.6) is 0 Å². The van der Waals surface area contributed by atoms with Gasteiger partial charge in [0.1, 0.15) is 0 Å². The molecule has 1 unspecified atom stereocenters. The fourth-order valence-electron chi connectivity index (χ4n) is 1.52. The van der Waals surface area contributed by atoms with Crippen molar-refractivity contribution in [3.8, 4) is 0 Å². The molecule has 0 aliphatic rings. The summed E-state index contributed by atoms with van der Waals surface area (Å²) in [5.74, 6) is -1.68. The number of halogens is 1. The van der Waals surface area contributed by atoms with Crippen molar-refractivity contribution in [1.29, 1.82) is 0 Å². The zero-order valence-corrected chi connectivity index (χ0v) is 10.1. The highest BCUT2D eigenvalue weighted by Gasteiger charge is 2.20. The van der Waals surface area contributed by atoms with Crippen LogP contribution in [-0.2, 0) is 16.0 Å². The molecule has 1 atom stereocenters. The minimum Gasteiger partial charge on any atom is -0.479 e. The van der Waals surface area contributed by atoms with E-state index >= 15 is 0 Å². The maximum Gasteiger partial charge on any atom is 0.337 e. The van der Waals surface area contributed by atoms with Gasteiger partial charge in [0.05, 0.1) is 5.88 Å². The molecule has 0 spiro atoms. The number of carboxylic acids is 1. The van der Waals surface area contributed by atoms with E-state index in [2.05, 4.69) is 0 Å². The Morgan fingerprint density at radius 3 is 2.59 bits per heavy atom. The van der Waals surface area contributed by atoms with Gasteiger partial charge in [0, 0.05) is 6.42 Å². The van der Waals surface area contributed by atoms with Crippen molar-refractivity contribution in [2.45, 2.75) is 19.4 Å². The highest BCUT2D eigenvalue weighted by atomic mass is 35.5. The molecule has 0 saturated heterocycles. The first-order chi connectivity index (χ1) is 7.95. The zero-order chi connectivity index (χ0) is 13.0. The van der Waals surface area contributed by atoms with Gasteiger partial charge in [-0.2, -0.15) is 0 Å². The van der Waals surface area contributed by atoms with Gasteiger partial charge in [0.25, 0.3) is 0 Å². The number of ketones is 1. The van der Waals surface area contributed by atoms with Crippen molar-refractivity contribution in [3.05, 3.63) is 34.9 Å². The van der Waals surface area contributed by atoms with Gasteiger partial charge in [-0.25, -0.2) is 4.79 Å². The number of benzene rings is 1. The topological polar surface area (TPSA) is 74.6 Å². The SMILES string of the molecule is Cc1ccc(CC(=O)CCl)c(C(O)C(=O)O)c1. The Morgan fingerprint density at radius 1 is 1.41 bits per heavy atom. The maximum atomic E-state index is 11.2. The largest absolute Gasteiger partial charge is 0.479 e. The number of alkyl halides is 1. The van der Waals surface area contributed by atoms with Crippen molar-refractivity contribution < 1.29 is 19.8 Å². The van der Waals surface area contributed by atoms with Crippen molar-refractivity contribution in [3.63, 3.8) is 0 Å². The molecule has 0 fully saturated rings. The summed E-state index contributed by atoms with van der Waals surface area (Å²) in [5.41, 5.74) is 1.56. The van der Waals surface area contributed by atoms with Crippen LogP contribution in [0.3, 0.4) is 0 Å². The molecule has 1 rings (SSSR count). The number of rotatable bonds is 5. The molecule has 17 heavy (non-hydrogen) atoms. The van der Waals surface area contributed by atoms with E-state index in [-0.39, 0.29) is 23.6 Å². The van der Waals surface area contributed by atoms with Gasteiger partial charge in [0.15, 0.2) is 11.9 Å². The lowest BCUT2D eigenvalue weighted by Crippen LogP contribution is -2.15. The van der Waals surface area contributed by atoms with Crippen LogP contribution in [0.1, 0.15) is 22.8 Å². The predicted octanol–water partition coefficient (Wildman–Crippen LogP) is 1.46. The first-order valence-electron chi connectivity index (χ1n) is 5.03. The fraction of sp³-hybridized carbons (Fsp3) is 0.333. The summed E-state index contributed by atoms with van der Waals surface area (Å²) >= 11 is 5.40. The third-order valence-electron chi connectivity index (χ3n) is 2.37. The Kier molecular flexibility index (Phi) is 4.66. The molecule has 0 heterocycles. The summed E-state index contributed by atoms with van der Waals surface area (Å²) in [6, 6.07) is 4.96. The van der Waals surface area contributed by atoms with Gasteiger partial charge in [-0.15, -0.1) is 11.6 Å². The second-order valence-electron chi connectivity index (χ2n) is 3.79. The molecule has 4 nitrogen and oxygen atoms in total. The van der Waals surface area contributed by atoms with Crippen LogP contribution in [0.15, 0.2) is 18.2 Å². The van der Waals surface area contributed by atoms with E-state index in [1.165, 1.54) is 0 Å². The van der Waals surface area contributed by atoms with Crippen LogP contribution >= 0.6 is 11.6 Å². The number of hydrogen-bond donors (Lipinski definition) is 2. The molecular weight excluding hydrogens is 244 g/mol. The monoisotopic (exact) mass is 256 g/mol. The molecule has 0 aromatic heterocycles. The number of aliphatic hydroxyl groups excluding tert-OH is 1. The zero-order valence-electron chi connectivity index (χ0n) is 9.31. The second kappa shape index (κ2) is 5.80. The minimum absolute atomic E-state index is 0.0312. The number of aryl methyl sites for hydroxylation is 1. The molecular formula is C12H13ClO4. The molecule has 0 bridgehead atoms. The lowest BCUT2D eigenvalue weighted by Gasteiger charge is -2.12. The normalized spacial score (nSPS) is 12.2. The van der Waals surface area contributed by atoms with Crippen molar-refractivity contribution in [2.24, 2.45) is 0 Å². The molecule has 0 saturated carbocycles. The number of aliphatic hydroxyl groups is 1. The van der Waals surface area contributed by atoms with Gasteiger partial charge < -0.3 is 10.2 Å². The summed E-state index contributed by atoms with van der Waals surface area (Å²) in [6.45, 7) is 1.78. The van der Waals surface area contributed by atoms with Gasteiger partial charge in [0.2, 0.25) is 0 Å². The fourth-order valence-corrected chi connectivity index (χ4v) is 1.62. The summed E-state index contributed by atoms with van der Waals surface area (Å²) in [5, 5.41) is 18.3. The van der Waals surface area contributed by atoms with Crippen LogP contribution in [-0.4, -0.2) is 27.8 Å². The van der Waals surface area contributed by atoms with Crippen LogP contribution in [0, 0.1) is 6.92 Å². The number of carbonyl (C=O) groups is 2. The number of carbonyl (C=O) groups excluding carboxylic acids is 1.